The number of nitrogens with one attached hydrogen (secondary N) is 1. The number of hydrogen-bond acceptors (Lipinski definition) is 8. The molecular formula is C38H48N4O6. The average molecular weight is 657 g/mol. The van der Waals surface area contributed by atoms with Gasteiger partial charge in [-0.15, -0.1) is 0 Å². The quantitative estimate of drug-likeness (QED) is 0.187. The number of anilines is 1. The Bertz CT molecular complexity index is 1600. The molecule has 1 N–H and O–H groups in total. The fraction of sp³-hybridized carbons (Fsp3) is 0.447. The van der Waals surface area contributed by atoms with Crippen molar-refractivity contribution in [1.29, 1.82) is 0 Å². The van der Waals surface area contributed by atoms with Gasteiger partial charge in [0.15, 0.2) is 11.5 Å². The molecule has 0 bridgehead atoms. The molecule has 0 radical (unpaired) electrons. The predicted molar refractivity (Wildman–Crippen MR) is 186 cm³/mol. The van der Waals surface area contributed by atoms with Gasteiger partial charge >= 0.3 is 0 Å². The van der Waals surface area contributed by atoms with Crippen LogP contribution in [-0.4, -0.2) is 86.7 Å². The SMILES string of the molecule is COc1ccc([C@@H](CCCNC(=O)COC(C)(C)C)N2C(=O)c3cccc(N4CCN([C@H](C)c5ccccc5)CC4)c3C2=O)cc1OC. The lowest BCUT2D eigenvalue weighted by Gasteiger charge is -2.39. The molecule has 2 heterocycles. The molecule has 1 fully saturated rings. The molecule has 0 saturated carbocycles. The van der Waals surface area contributed by atoms with Gasteiger partial charge < -0.3 is 24.4 Å². The van der Waals surface area contributed by atoms with Crippen LogP contribution in [-0.2, 0) is 9.53 Å². The van der Waals surface area contributed by atoms with Gasteiger partial charge in [-0.1, -0.05) is 42.5 Å². The van der Waals surface area contributed by atoms with Crippen molar-refractivity contribution >= 4 is 23.4 Å². The maximum Gasteiger partial charge on any atom is 0.264 e. The molecule has 0 unspecified atom stereocenters. The van der Waals surface area contributed by atoms with Crippen molar-refractivity contribution in [3.63, 3.8) is 0 Å². The number of carbonyl (C=O) groups is 3. The highest BCUT2D eigenvalue weighted by atomic mass is 16.5. The summed E-state index contributed by atoms with van der Waals surface area (Å²) in [6.07, 6.45) is 0.967. The molecule has 3 aromatic rings. The van der Waals surface area contributed by atoms with Gasteiger partial charge in [-0.2, -0.15) is 0 Å². The third-order valence-electron chi connectivity index (χ3n) is 9.13. The Balaban J connectivity index is 1.35. The molecule has 0 aromatic heterocycles. The van der Waals surface area contributed by atoms with Crippen LogP contribution in [0.15, 0.2) is 66.7 Å². The molecule has 2 aliphatic heterocycles. The van der Waals surface area contributed by atoms with Crippen LogP contribution in [0.5, 0.6) is 11.5 Å². The zero-order valence-corrected chi connectivity index (χ0v) is 29.0. The molecule has 0 spiro atoms. The first-order chi connectivity index (χ1) is 23.0. The first kappa shape index (κ1) is 34.9. The number of hydrogen-bond donors (Lipinski definition) is 1. The maximum absolute atomic E-state index is 14.4. The van der Waals surface area contributed by atoms with E-state index < -0.39 is 11.6 Å². The summed E-state index contributed by atoms with van der Waals surface area (Å²) in [5, 5.41) is 2.90. The Morgan fingerprint density at radius 1 is 0.854 bits per heavy atom. The second-order valence-corrected chi connectivity index (χ2v) is 13.3. The number of ether oxygens (including phenoxy) is 3. The van der Waals surface area contributed by atoms with Gasteiger partial charge in [-0.3, -0.25) is 24.2 Å². The van der Waals surface area contributed by atoms with Crippen LogP contribution in [0.4, 0.5) is 5.69 Å². The Morgan fingerprint density at radius 3 is 2.23 bits per heavy atom. The van der Waals surface area contributed by atoms with Crippen molar-refractivity contribution in [1.82, 2.24) is 15.1 Å². The number of nitrogens with zero attached hydrogens (tertiary/aromatic N) is 3. The molecule has 3 amide bonds. The average Bonchev–Trinajstić information content (AvgIpc) is 3.35. The molecule has 2 aliphatic rings. The summed E-state index contributed by atoms with van der Waals surface area (Å²) in [6, 6.07) is 21.2. The number of methoxy groups -OCH3 is 2. The second-order valence-electron chi connectivity index (χ2n) is 13.3. The van der Waals surface area contributed by atoms with Crippen molar-refractivity contribution in [3.05, 3.63) is 89.0 Å². The topological polar surface area (TPSA) is 101 Å². The van der Waals surface area contributed by atoms with E-state index in [0.717, 1.165) is 37.4 Å². The lowest BCUT2D eigenvalue weighted by Crippen LogP contribution is -2.47. The van der Waals surface area contributed by atoms with Crippen LogP contribution in [0.1, 0.15) is 84.5 Å². The monoisotopic (exact) mass is 656 g/mol. The normalized spacial score (nSPS) is 16.5. The largest absolute Gasteiger partial charge is 0.493 e. The first-order valence-electron chi connectivity index (χ1n) is 16.7. The third-order valence-corrected chi connectivity index (χ3v) is 9.13. The van der Waals surface area contributed by atoms with Gasteiger partial charge in [0.25, 0.3) is 11.8 Å². The number of amides is 3. The van der Waals surface area contributed by atoms with E-state index >= 15 is 0 Å². The lowest BCUT2D eigenvalue weighted by atomic mass is 9.99. The van der Waals surface area contributed by atoms with Crippen LogP contribution >= 0.6 is 0 Å². The minimum absolute atomic E-state index is 0.0385. The fourth-order valence-electron chi connectivity index (χ4n) is 6.49. The molecule has 48 heavy (non-hydrogen) atoms. The van der Waals surface area contributed by atoms with E-state index in [-0.39, 0.29) is 30.4 Å². The first-order valence-corrected chi connectivity index (χ1v) is 16.7. The Morgan fingerprint density at radius 2 is 1.56 bits per heavy atom. The van der Waals surface area contributed by atoms with Gasteiger partial charge in [0, 0.05) is 38.8 Å². The second kappa shape index (κ2) is 15.2. The summed E-state index contributed by atoms with van der Waals surface area (Å²) >= 11 is 0. The number of rotatable bonds is 13. The molecule has 10 nitrogen and oxygen atoms in total. The zero-order chi connectivity index (χ0) is 34.4. The number of benzene rings is 3. The summed E-state index contributed by atoms with van der Waals surface area (Å²) in [7, 11) is 3.12. The Hall–Kier alpha value is -4.41. The molecule has 10 heteroatoms. The van der Waals surface area contributed by atoms with Crippen LogP contribution in [0, 0.1) is 0 Å². The maximum atomic E-state index is 14.4. The Labute approximate surface area is 283 Å². The molecule has 3 aromatic carbocycles. The summed E-state index contributed by atoms with van der Waals surface area (Å²) in [6.45, 7) is 11.4. The van der Waals surface area contributed by atoms with Gasteiger partial charge in [-0.25, -0.2) is 0 Å². The Kier molecular flexibility index (Phi) is 11.1. The minimum Gasteiger partial charge on any atom is -0.493 e. The highest BCUT2D eigenvalue weighted by Crippen LogP contribution is 2.40. The highest BCUT2D eigenvalue weighted by Gasteiger charge is 2.43. The van der Waals surface area contributed by atoms with E-state index in [0.29, 0.717) is 42.0 Å². The van der Waals surface area contributed by atoms with Crippen molar-refractivity contribution < 1.29 is 28.6 Å². The molecule has 0 aliphatic carbocycles. The van der Waals surface area contributed by atoms with Crippen LogP contribution in [0.2, 0.25) is 0 Å². The van der Waals surface area contributed by atoms with Crippen molar-refractivity contribution in [2.75, 3.05) is 58.5 Å². The predicted octanol–water partition coefficient (Wildman–Crippen LogP) is 5.64. The molecule has 2 atom stereocenters. The van der Waals surface area contributed by atoms with Crippen molar-refractivity contribution in [2.24, 2.45) is 0 Å². The molecular weight excluding hydrogens is 608 g/mol. The zero-order valence-electron chi connectivity index (χ0n) is 29.0. The molecule has 5 rings (SSSR count). The van der Waals surface area contributed by atoms with E-state index in [1.54, 1.807) is 26.4 Å². The lowest BCUT2D eigenvalue weighted by molar-refractivity contribution is -0.130. The van der Waals surface area contributed by atoms with Gasteiger partial charge in [0.1, 0.15) is 6.61 Å². The van der Waals surface area contributed by atoms with Crippen LogP contribution in [0.3, 0.4) is 0 Å². The van der Waals surface area contributed by atoms with E-state index in [9.17, 15) is 14.4 Å². The van der Waals surface area contributed by atoms with Crippen molar-refractivity contribution in [3.8, 4) is 11.5 Å². The minimum atomic E-state index is -0.587. The number of fused-ring (bicyclic) bond motifs is 1. The number of carbonyl (C=O) groups excluding carboxylic acids is 3. The number of piperazine rings is 1. The van der Waals surface area contributed by atoms with Crippen molar-refractivity contribution in [2.45, 2.75) is 58.2 Å². The summed E-state index contributed by atoms with van der Waals surface area (Å²) < 4.78 is 16.6. The van der Waals surface area contributed by atoms with E-state index in [1.807, 2.05) is 51.1 Å². The van der Waals surface area contributed by atoms with Gasteiger partial charge in [0.05, 0.1) is 42.7 Å². The highest BCUT2D eigenvalue weighted by molar-refractivity contribution is 6.24. The standard InChI is InChI=1S/C38H48N4O6/c1-26(27-12-8-7-9-13-27)40-20-22-41(23-21-40)31-15-10-14-29-35(31)37(45)42(36(29)44)30(28-17-18-32(46-5)33(24-28)47-6)16-11-19-39-34(43)25-48-38(2,3)4/h7-10,12-15,17-18,24,26,30H,11,16,19-23,25H2,1-6H3,(H,39,43)/t26-,30-/m1/s1. The van der Waals surface area contributed by atoms with Crippen LogP contribution < -0.4 is 19.7 Å². The van der Waals surface area contributed by atoms with Gasteiger partial charge in [0.2, 0.25) is 5.91 Å². The summed E-state index contributed by atoms with van der Waals surface area (Å²) in [4.78, 5) is 46.9. The van der Waals surface area contributed by atoms with E-state index in [1.165, 1.54) is 10.5 Å². The van der Waals surface area contributed by atoms with E-state index in [4.69, 9.17) is 14.2 Å². The number of imide groups is 1. The summed E-state index contributed by atoms with van der Waals surface area (Å²) in [5.41, 5.74) is 3.25. The third kappa shape index (κ3) is 7.82. The van der Waals surface area contributed by atoms with Gasteiger partial charge in [-0.05, 0) is 75.9 Å². The smallest absolute Gasteiger partial charge is 0.264 e. The molecule has 256 valence electrons. The molecule has 1 saturated heterocycles. The fourth-order valence-corrected chi connectivity index (χ4v) is 6.49. The van der Waals surface area contributed by atoms with Crippen LogP contribution in [0.25, 0.3) is 0 Å². The summed E-state index contributed by atoms with van der Waals surface area (Å²) in [5.74, 6) is 0.212. The van der Waals surface area contributed by atoms with E-state index in [2.05, 4.69) is 46.3 Å².